The van der Waals surface area contributed by atoms with E-state index in [1.165, 1.54) is 0 Å². The molecule has 0 radical (unpaired) electrons. The van der Waals surface area contributed by atoms with E-state index in [0.717, 1.165) is 6.42 Å². The van der Waals surface area contributed by atoms with E-state index in [9.17, 15) is 4.79 Å². The first-order valence-corrected chi connectivity index (χ1v) is 4.97. The van der Waals surface area contributed by atoms with E-state index < -0.39 is 0 Å². The molecular formula is C10H22N2O2. The molecule has 0 aromatic rings. The first-order chi connectivity index (χ1) is 6.45. The Morgan fingerprint density at radius 3 is 2.43 bits per heavy atom. The Morgan fingerprint density at radius 2 is 2.07 bits per heavy atom. The van der Waals surface area contributed by atoms with E-state index in [1.54, 1.807) is 19.0 Å². The van der Waals surface area contributed by atoms with Crippen LogP contribution in [0.4, 0.5) is 0 Å². The Kier molecular flexibility index (Phi) is 5.72. The third-order valence-electron chi connectivity index (χ3n) is 2.56. The lowest BCUT2D eigenvalue weighted by Crippen LogP contribution is -2.40. The van der Waals surface area contributed by atoms with Crippen LogP contribution in [-0.4, -0.2) is 49.7 Å². The molecule has 1 unspecified atom stereocenters. The van der Waals surface area contributed by atoms with Crippen LogP contribution in [0, 0.1) is 5.41 Å². The lowest BCUT2D eigenvalue weighted by molar-refractivity contribution is -0.127. The van der Waals surface area contributed by atoms with Crippen molar-refractivity contribution < 1.29 is 9.90 Å². The molecular weight excluding hydrogens is 180 g/mol. The second-order valence-electron chi connectivity index (χ2n) is 4.21. The van der Waals surface area contributed by atoms with Crippen LogP contribution >= 0.6 is 0 Å². The fourth-order valence-electron chi connectivity index (χ4n) is 0.922. The highest BCUT2D eigenvalue weighted by Gasteiger charge is 2.20. The standard InChI is InChI=1S/C10H22N2O2/c1-5-10(2,8-13)7-11-6-9(14)12(3)4/h11,13H,5-8H2,1-4H3. The van der Waals surface area contributed by atoms with E-state index in [1.807, 2.05) is 13.8 Å². The van der Waals surface area contributed by atoms with Crippen molar-refractivity contribution in [2.75, 3.05) is 33.8 Å². The number of carbonyl (C=O) groups is 1. The van der Waals surface area contributed by atoms with Gasteiger partial charge in [-0.3, -0.25) is 4.79 Å². The minimum Gasteiger partial charge on any atom is -0.396 e. The molecule has 0 aliphatic heterocycles. The van der Waals surface area contributed by atoms with Gasteiger partial charge in [-0.05, 0) is 6.42 Å². The Labute approximate surface area is 86.3 Å². The smallest absolute Gasteiger partial charge is 0.236 e. The van der Waals surface area contributed by atoms with Gasteiger partial charge >= 0.3 is 0 Å². The van der Waals surface area contributed by atoms with Gasteiger partial charge in [0.1, 0.15) is 0 Å². The summed E-state index contributed by atoms with van der Waals surface area (Å²) in [6.45, 7) is 5.18. The van der Waals surface area contributed by atoms with Gasteiger partial charge in [0, 0.05) is 32.7 Å². The lowest BCUT2D eigenvalue weighted by Gasteiger charge is -2.26. The molecule has 1 atom stereocenters. The summed E-state index contributed by atoms with van der Waals surface area (Å²) in [4.78, 5) is 12.8. The van der Waals surface area contributed by atoms with Gasteiger partial charge in [-0.25, -0.2) is 0 Å². The number of hydrogen-bond donors (Lipinski definition) is 2. The maximum atomic E-state index is 11.2. The quantitative estimate of drug-likeness (QED) is 0.641. The predicted octanol–water partition coefficient (Wildman–Crippen LogP) is 0.0728. The van der Waals surface area contributed by atoms with Crippen LogP contribution in [0.15, 0.2) is 0 Å². The molecule has 0 aliphatic rings. The van der Waals surface area contributed by atoms with E-state index in [2.05, 4.69) is 5.32 Å². The predicted molar refractivity (Wildman–Crippen MR) is 57.0 cm³/mol. The third-order valence-corrected chi connectivity index (χ3v) is 2.56. The van der Waals surface area contributed by atoms with Crippen molar-refractivity contribution >= 4 is 5.91 Å². The van der Waals surface area contributed by atoms with Gasteiger partial charge in [0.2, 0.25) is 5.91 Å². The molecule has 0 rings (SSSR count). The van der Waals surface area contributed by atoms with Crippen LogP contribution in [0.3, 0.4) is 0 Å². The number of aliphatic hydroxyl groups is 1. The lowest BCUT2D eigenvalue weighted by atomic mass is 9.89. The van der Waals surface area contributed by atoms with E-state index >= 15 is 0 Å². The Balaban J connectivity index is 3.78. The average molecular weight is 202 g/mol. The van der Waals surface area contributed by atoms with Crippen molar-refractivity contribution in [2.24, 2.45) is 5.41 Å². The van der Waals surface area contributed by atoms with Gasteiger partial charge in [-0.15, -0.1) is 0 Å². The minimum atomic E-state index is -0.118. The molecule has 4 heteroatoms. The number of likely N-dealkylation sites (N-methyl/N-ethyl adjacent to an activating group) is 1. The molecule has 0 bridgehead atoms. The Hall–Kier alpha value is -0.610. The average Bonchev–Trinajstić information content (AvgIpc) is 2.17. The summed E-state index contributed by atoms with van der Waals surface area (Å²) < 4.78 is 0. The summed E-state index contributed by atoms with van der Waals surface area (Å²) in [7, 11) is 3.46. The van der Waals surface area contributed by atoms with Crippen LogP contribution in [0.5, 0.6) is 0 Å². The maximum absolute atomic E-state index is 11.2. The fourth-order valence-corrected chi connectivity index (χ4v) is 0.922. The number of amides is 1. The molecule has 84 valence electrons. The van der Waals surface area contributed by atoms with Crippen molar-refractivity contribution in [1.29, 1.82) is 0 Å². The summed E-state index contributed by atoms with van der Waals surface area (Å²) in [5, 5.41) is 12.2. The van der Waals surface area contributed by atoms with Gasteiger partial charge in [0.05, 0.1) is 6.54 Å². The van der Waals surface area contributed by atoms with Gasteiger partial charge in [-0.2, -0.15) is 0 Å². The largest absolute Gasteiger partial charge is 0.396 e. The van der Waals surface area contributed by atoms with Gasteiger partial charge in [0.15, 0.2) is 0 Å². The van der Waals surface area contributed by atoms with Crippen LogP contribution in [0.1, 0.15) is 20.3 Å². The Bertz CT molecular complexity index is 177. The second kappa shape index (κ2) is 5.98. The number of nitrogens with zero attached hydrogens (tertiary/aromatic N) is 1. The number of carbonyl (C=O) groups excluding carboxylic acids is 1. The summed E-state index contributed by atoms with van der Waals surface area (Å²) in [6, 6.07) is 0. The number of nitrogens with one attached hydrogen (secondary N) is 1. The first kappa shape index (κ1) is 13.4. The number of aliphatic hydroxyl groups excluding tert-OH is 1. The van der Waals surface area contributed by atoms with Crippen molar-refractivity contribution in [2.45, 2.75) is 20.3 Å². The SMILES string of the molecule is CCC(C)(CO)CNCC(=O)N(C)C. The zero-order valence-corrected chi connectivity index (χ0v) is 9.63. The number of hydrogen-bond acceptors (Lipinski definition) is 3. The fraction of sp³-hybridized carbons (Fsp3) is 0.900. The maximum Gasteiger partial charge on any atom is 0.236 e. The summed E-state index contributed by atoms with van der Waals surface area (Å²) in [5.74, 6) is 0.0568. The molecule has 0 saturated carbocycles. The van der Waals surface area contributed by atoms with Crippen LogP contribution in [-0.2, 0) is 4.79 Å². The molecule has 0 aromatic carbocycles. The first-order valence-electron chi connectivity index (χ1n) is 4.97. The van der Waals surface area contributed by atoms with Crippen molar-refractivity contribution in [3.63, 3.8) is 0 Å². The van der Waals surface area contributed by atoms with Crippen molar-refractivity contribution in [1.82, 2.24) is 10.2 Å². The van der Waals surface area contributed by atoms with Gasteiger partial charge in [0.25, 0.3) is 0 Å². The monoisotopic (exact) mass is 202 g/mol. The topological polar surface area (TPSA) is 52.6 Å². The van der Waals surface area contributed by atoms with E-state index in [-0.39, 0.29) is 17.9 Å². The van der Waals surface area contributed by atoms with Gasteiger partial charge in [-0.1, -0.05) is 13.8 Å². The van der Waals surface area contributed by atoms with Crippen LogP contribution in [0.2, 0.25) is 0 Å². The highest BCUT2D eigenvalue weighted by molar-refractivity contribution is 5.77. The molecule has 2 N–H and O–H groups in total. The van der Waals surface area contributed by atoms with Crippen LogP contribution in [0.25, 0.3) is 0 Å². The second-order valence-corrected chi connectivity index (χ2v) is 4.21. The summed E-state index contributed by atoms with van der Waals surface area (Å²) in [5.41, 5.74) is -0.118. The van der Waals surface area contributed by atoms with Crippen molar-refractivity contribution in [3.05, 3.63) is 0 Å². The van der Waals surface area contributed by atoms with Crippen molar-refractivity contribution in [3.8, 4) is 0 Å². The molecule has 14 heavy (non-hydrogen) atoms. The molecule has 0 fully saturated rings. The number of rotatable bonds is 6. The highest BCUT2D eigenvalue weighted by Crippen LogP contribution is 2.17. The third kappa shape index (κ3) is 4.58. The summed E-state index contributed by atoms with van der Waals surface area (Å²) in [6.07, 6.45) is 0.895. The molecule has 1 amide bonds. The zero-order chi connectivity index (χ0) is 11.2. The molecule has 0 saturated heterocycles. The zero-order valence-electron chi connectivity index (χ0n) is 9.63. The summed E-state index contributed by atoms with van der Waals surface area (Å²) >= 11 is 0. The van der Waals surface area contributed by atoms with Gasteiger partial charge < -0.3 is 15.3 Å². The molecule has 0 aromatic heterocycles. The van der Waals surface area contributed by atoms with E-state index in [0.29, 0.717) is 13.1 Å². The normalized spacial score (nSPS) is 14.9. The molecule has 4 nitrogen and oxygen atoms in total. The molecule has 0 spiro atoms. The van der Waals surface area contributed by atoms with E-state index in [4.69, 9.17) is 5.11 Å². The minimum absolute atomic E-state index is 0.0568. The molecule has 0 aliphatic carbocycles. The Morgan fingerprint density at radius 1 is 1.50 bits per heavy atom. The molecule has 0 heterocycles. The highest BCUT2D eigenvalue weighted by atomic mass is 16.3. The van der Waals surface area contributed by atoms with Crippen LogP contribution < -0.4 is 5.32 Å².